The van der Waals surface area contributed by atoms with Crippen molar-refractivity contribution in [1.29, 1.82) is 0 Å². The van der Waals surface area contributed by atoms with Gasteiger partial charge in [0.1, 0.15) is 0 Å². The summed E-state index contributed by atoms with van der Waals surface area (Å²) in [6, 6.07) is 0. The van der Waals surface area contributed by atoms with E-state index in [1.54, 1.807) is 0 Å². The molecule has 0 aliphatic carbocycles. The first-order valence-corrected chi connectivity index (χ1v) is 4.37. The summed E-state index contributed by atoms with van der Waals surface area (Å²) in [5.41, 5.74) is -4.75. The van der Waals surface area contributed by atoms with Crippen molar-refractivity contribution in [3.63, 3.8) is 0 Å². The molecule has 0 fully saturated rings. The Morgan fingerprint density at radius 2 is 1.92 bits per heavy atom. The summed E-state index contributed by atoms with van der Waals surface area (Å²) < 4.78 is 41.5. The molecular formula is C5H10F3NO3S. The molecule has 13 heavy (non-hydrogen) atoms. The Balaban J connectivity index is 0. The third-order valence-electron chi connectivity index (χ3n) is 0.692. The number of carboxylic acids is 1. The van der Waals surface area contributed by atoms with Crippen molar-refractivity contribution < 1.29 is 27.6 Å². The normalized spacial score (nSPS) is 12.8. The van der Waals surface area contributed by atoms with E-state index in [2.05, 4.69) is 5.14 Å². The molecule has 4 nitrogen and oxygen atoms in total. The molecule has 0 heterocycles. The number of carbonyl (C=O) groups is 1. The molecule has 0 amide bonds. The first-order valence-electron chi connectivity index (χ1n) is 3.16. The van der Waals surface area contributed by atoms with Crippen LogP contribution in [0.3, 0.4) is 0 Å². The van der Waals surface area contributed by atoms with E-state index < -0.39 is 22.8 Å². The molecule has 1 atom stereocenters. The van der Waals surface area contributed by atoms with Crippen LogP contribution in [0.15, 0.2) is 0 Å². The van der Waals surface area contributed by atoms with E-state index in [1.165, 1.54) is 0 Å². The first-order chi connectivity index (χ1) is 5.71. The number of aliphatic carboxylic acids is 1. The molecule has 0 bridgehead atoms. The average molecular weight is 221 g/mol. The minimum Gasteiger partial charge on any atom is -0.591 e. The molecule has 3 N–H and O–H groups in total. The minimum absolute atomic E-state index is 0.292. The molecule has 0 aromatic carbocycles. The third kappa shape index (κ3) is 14.4. The highest BCUT2D eigenvalue weighted by Crippen LogP contribution is 2.18. The van der Waals surface area contributed by atoms with Crippen molar-refractivity contribution in [1.82, 2.24) is 0 Å². The Morgan fingerprint density at radius 3 is 1.92 bits per heavy atom. The zero-order valence-corrected chi connectivity index (χ0v) is 7.61. The lowest BCUT2D eigenvalue weighted by Gasteiger charge is -2.03. The number of carboxylic acid groups (broad SMARTS) is 1. The van der Waals surface area contributed by atoms with Crippen molar-refractivity contribution in [3.8, 4) is 0 Å². The molecule has 0 rings (SSSR count). The van der Waals surface area contributed by atoms with E-state index in [0.29, 0.717) is 6.42 Å². The van der Waals surface area contributed by atoms with Gasteiger partial charge in [-0.2, -0.15) is 0 Å². The van der Waals surface area contributed by atoms with Crippen LogP contribution in [-0.4, -0.2) is 21.1 Å². The Labute approximate surface area is 76.2 Å². The highest BCUT2D eigenvalue weighted by atomic mass is 32.2. The number of hydrogen-bond acceptors (Lipinski definition) is 3. The van der Waals surface area contributed by atoms with Crippen LogP contribution in [0.5, 0.6) is 0 Å². The summed E-state index contributed by atoms with van der Waals surface area (Å²) in [6.07, 6.45) is 1.02. The second-order valence-electron chi connectivity index (χ2n) is 1.89. The Kier molecular flexibility index (Phi) is 8.07. The largest absolute Gasteiger partial charge is 0.592 e. The number of rotatable bonds is 2. The number of nitrogens with two attached hydrogens (primary N) is 1. The highest BCUT2D eigenvalue weighted by Gasteiger charge is 2.42. The van der Waals surface area contributed by atoms with Crippen molar-refractivity contribution in [2.45, 2.75) is 25.3 Å². The van der Waals surface area contributed by atoms with E-state index in [9.17, 15) is 22.5 Å². The zero-order valence-electron chi connectivity index (χ0n) is 6.80. The van der Waals surface area contributed by atoms with Gasteiger partial charge in [0.15, 0.2) is 11.4 Å². The SMILES string of the molecule is CCCC(=O)O.N[S+]([O-])C(F)(F)F. The second kappa shape index (κ2) is 6.98. The molecular weight excluding hydrogens is 211 g/mol. The maximum atomic E-state index is 10.8. The third-order valence-corrected chi connectivity index (χ3v) is 1.15. The van der Waals surface area contributed by atoms with Crippen LogP contribution in [0, 0.1) is 0 Å². The van der Waals surface area contributed by atoms with Crippen LogP contribution in [-0.2, 0) is 16.2 Å². The molecule has 0 aromatic rings. The van der Waals surface area contributed by atoms with E-state index in [-0.39, 0.29) is 0 Å². The van der Waals surface area contributed by atoms with Crippen molar-refractivity contribution >= 4 is 17.3 Å². The Morgan fingerprint density at radius 1 is 1.62 bits per heavy atom. The summed E-state index contributed by atoms with van der Waals surface area (Å²) in [4.78, 5) is 9.60. The molecule has 0 saturated carbocycles. The molecule has 8 heteroatoms. The van der Waals surface area contributed by atoms with E-state index in [1.807, 2.05) is 6.92 Å². The Hall–Kier alpha value is -0.470. The van der Waals surface area contributed by atoms with Gasteiger partial charge in [0.2, 0.25) is 0 Å². The van der Waals surface area contributed by atoms with Crippen LogP contribution in [0.1, 0.15) is 19.8 Å². The summed E-state index contributed by atoms with van der Waals surface area (Å²) in [7, 11) is 0. The molecule has 0 radical (unpaired) electrons. The monoisotopic (exact) mass is 221 g/mol. The van der Waals surface area contributed by atoms with E-state index >= 15 is 0 Å². The molecule has 0 spiro atoms. The van der Waals surface area contributed by atoms with Crippen LogP contribution in [0.2, 0.25) is 0 Å². The lowest BCUT2D eigenvalue weighted by atomic mass is 10.4. The molecule has 80 valence electrons. The predicted octanol–water partition coefficient (Wildman–Crippen LogP) is 1.000. The van der Waals surface area contributed by atoms with Gasteiger partial charge in [-0.1, -0.05) is 6.92 Å². The van der Waals surface area contributed by atoms with Gasteiger partial charge < -0.3 is 9.66 Å². The summed E-state index contributed by atoms with van der Waals surface area (Å²) >= 11 is -3.18. The van der Waals surface area contributed by atoms with Crippen LogP contribution in [0.25, 0.3) is 0 Å². The first kappa shape index (κ1) is 15.0. The summed E-state index contributed by atoms with van der Waals surface area (Å²) in [5, 5.41) is 11.8. The predicted molar refractivity (Wildman–Crippen MR) is 40.9 cm³/mol. The van der Waals surface area contributed by atoms with Crippen LogP contribution < -0.4 is 5.14 Å². The topological polar surface area (TPSA) is 86.4 Å². The Bertz CT molecular complexity index is 150. The van der Waals surface area contributed by atoms with Gasteiger partial charge in [0, 0.05) is 6.42 Å². The zero-order chi connectivity index (χ0) is 11.1. The highest BCUT2D eigenvalue weighted by molar-refractivity contribution is 7.90. The van der Waals surface area contributed by atoms with E-state index in [4.69, 9.17) is 5.11 Å². The lowest BCUT2D eigenvalue weighted by Crippen LogP contribution is -2.30. The quantitative estimate of drug-likeness (QED) is 0.681. The van der Waals surface area contributed by atoms with Gasteiger partial charge in [-0.05, 0) is 6.42 Å². The van der Waals surface area contributed by atoms with Gasteiger partial charge in [0.25, 0.3) is 0 Å². The maximum Gasteiger partial charge on any atom is 0.592 e. The van der Waals surface area contributed by atoms with Crippen LogP contribution in [0.4, 0.5) is 13.2 Å². The number of hydrogen-bond donors (Lipinski definition) is 2. The molecule has 0 saturated heterocycles. The standard InChI is InChI=1S/C4H8O2.CH2F3NOS/c1-2-3-4(5)6;2-1(3,4)7(5)6/h2-3H2,1H3,(H,5,6);5H2. The fourth-order valence-corrected chi connectivity index (χ4v) is 0.214. The maximum absolute atomic E-state index is 10.8. The lowest BCUT2D eigenvalue weighted by molar-refractivity contribution is -0.137. The fourth-order valence-electron chi connectivity index (χ4n) is 0.214. The van der Waals surface area contributed by atoms with Gasteiger partial charge in [-0.15, -0.1) is 18.3 Å². The van der Waals surface area contributed by atoms with Gasteiger partial charge >= 0.3 is 11.5 Å². The van der Waals surface area contributed by atoms with Gasteiger partial charge in [-0.25, -0.2) is 0 Å². The van der Waals surface area contributed by atoms with Gasteiger partial charge in [0.05, 0.1) is 0 Å². The molecule has 0 aromatic heterocycles. The number of halogens is 3. The number of alkyl halides is 3. The van der Waals surface area contributed by atoms with Crippen molar-refractivity contribution in [2.75, 3.05) is 0 Å². The second-order valence-corrected chi connectivity index (χ2v) is 2.94. The molecule has 0 aliphatic rings. The smallest absolute Gasteiger partial charge is 0.591 e. The summed E-state index contributed by atoms with van der Waals surface area (Å²) in [5.74, 6) is -0.711. The fraction of sp³-hybridized carbons (Fsp3) is 0.800. The van der Waals surface area contributed by atoms with Crippen LogP contribution >= 0.6 is 0 Å². The van der Waals surface area contributed by atoms with Gasteiger partial charge in [-0.3, -0.25) is 4.79 Å². The molecule has 1 unspecified atom stereocenters. The average Bonchev–Trinajstić information content (AvgIpc) is 1.85. The minimum atomic E-state index is -4.75. The summed E-state index contributed by atoms with van der Waals surface area (Å²) in [6.45, 7) is 1.84. The van der Waals surface area contributed by atoms with Crippen molar-refractivity contribution in [3.05, 3.63) is 0 Å². The van der Waals surface area contributed by atoms with E-state index in [0.717, 1.165) is 6.42 Å². The molecule has 0 aliphatic heterocycles. The van der Waals surface area contributed by atoms with Crippen molar-refractivity contribution in [2.24, 2.45) is 5.14 Å².